The van der Waals surface area contributed by atoms with E-state index in [-0.39, 0.29) is 11.3 Å². The van der Waals surface area contributed by atoms with Gasteiger partial charge in [-0.05, 0) is 61.1 Å². The fourth-order valence-electron chi connectivity index (χ4n) is 4.04. The Morgan fingerprint density at radius 1 is 1.00 bits per heavy atom. The highest BCUT2D eigenvalue weighted by atomic mass is 16.6. The van der Waals surface area contributed by atoms with Gasteiger partial charge in [-0.25, -0.2) is 9.78 Å². The van der Waals surface area contributed by atoms with E-state index in [0.29, 0.717) is 28.0 Å². The number of aromatic nitrogens is 1. The van der Waals surface area contributed by atoms with Gasteiger partial charge in [0.1, 0.15) is 11.4 Å². The van der Waals surface area contributed by atoms with Crippen molar-refractivity contribution >= 4 is 39.1 Å². The zero-order chi connectivity index (χ0) is 20.0. The third-order valence-corrected chi connectivity index (χ3v) is 5.41. The lowest BCUT2D eigenvalue weighted by atomic mass is 9.89. The number of nitro benzene ring substituents is 1. The average molecular weight is 387 g/mol. The number of benzene rings is 2. The summed E-state index contributed by atoms with van der Waals surface area (Å²) in [4.78, 5) is 28.0. The molecule has 0 spiro atoms. The maximum atomic E-state index is 12.7. The van der Waals surface area contributed by atoms with Gasteiger partial charge in [0.15, 0.2) is 0 Å². The molecule has 0 aliphatic heterocycles. The van der Waals surface area contributed by atoms with E-state index >= 15 is 0 Å². The van der Waals surface area contributed by atoms with Gasteiger partial charge in [0.25, 0.3) is 5.69 Å². The van der Waals surface area contributed by atoms with Crippen LogP contribution in [0.15, 0.2) is 57.7 Å². The summed E-state index contributed by atoms with van der Waals surface area (Å²) in [7, 11) is 0. The van der Waals surface area contributed by atoms with E-state index in [1.807, 2.05) is 18.2 Å². The predicted octanol–water partition coefficient (Wildman–Crippen LogP) is 4.87. The van der Waals surface area contributed by atoms with E-state index in [2.05, 4.69) is 5.32 Å². The second-order valence-electron chi connectivity index (χ2n) is 7.16. The van der Waals surface area contributed by atoms with Gasteiger partial charge in [-0.1, -0.05) is 12.1 Å². The highest BCUT2D eigenvalue weighted by molar-refractivity contribution is 6.04. The molecule has 1 N–H and O–H groups in total. The summed E-state index contributed by atoms with van der Waals surface area (Å²) >= 11 is 0. The molecule has 0 atom stereocenters. The van der Waals surface area contributed by atoms with Crippen LogP contribution >= 0.6 is 0 Å². The summed E-state index contributed by atoms with van der Waals surface area (Å²) in [6.07, 6.45) is 3.65. The van der Waals surface area contributed by atoms with Gasteiger partial charge in [-0.15, -0.1) is 0 Å². The first kappa shape index (κ1) is 17.4. The molecule has 2 heterocycles. The maximum absolute atomic E-state index is 12.7. The summed E-state index contributed by atoms with van der Waals surface area (Å²) in [6.45, 7) is 0. The van der Waals surface area contributed by atoms with Gasteiger partial charge in [-0.3, -0.25) is 10.1 Å². The van der Waals surface area contributed by atoms with E-state index in [9.17, 15) is 14.9 Å². The number of rotatable bonds is 3. The summed E-state index contributed by atoms with van der Waals surface area (Å²) in [5, 5.41) is 15.6. The van der Waals surface area contributed by atoms with Crippen LogP contribution in [0.2, 0.25) is 0 Å². The Labute approximate surface area is 165 Å². The monoisotopic (exact) mass is 387 g/mol. The number of pyridine rings is 1. The Kier molecular flexibility index (Phi) is 4.01. The van der Waals surface area contributed by atoms with Crippen LogP contribution in [0.3, 0.4) is 0 Å². The first-order chi connectivity index (χ1) is 14.1. The quantitative estimate of drug-likeness (QED) is 0.233. The van der Waals surface area contributed by atoms with Gasteiger partial charge < -0.3 is 9.73 Å². The van der Waals surface area contributed by atoms with Crippen molar-refractivity contribution < 1.29 is 9.34 Å². The highest BCUT2D eigenvalue weighted by Crippen LogP contribution is 2.35. The topological polar surface area (TPSA) is 98.3 Å². The lowest BCUT2D eigenvalue weighted by molar-refractivity contribution is -0.384. The average Bonchev–Trinajstić information content (AvgIpc) is 2.74. The van der Waals surface area contributed by atoms with Gasteiger partial charge >= 0.3 is 5.63 Å². The molecule has 144 valence electrons. The Morgan fingerprint density at radius 2 is 1.72 bits per heavy atom. The largest absolute Gasteiger partial charge is 0.422 e. The Bertz CT molecular complexity index is 1330. The standard InChI is InChI=1S/C22H17N3O4/c26-22-19-15-5-1-2-6-16(15)21(23-13-9-11-14(12-10-13)25(27)28)24-20(19)17-7-3-4-8-18(17)29-22/h3-4,7-12H,1-2,5-6H2,(H,23,24). The van der Waals surface area contributed by atoms with Gasteiger partial charge in [0.05, 0.1) is 15.8 Å². The molecule has 29 heavy (non-hydrogen) atoms. The second kappa shape index (κ2) is 6.70. The van der Waals surface area contributed by atoms with Crippen LogP contribution in [0.5, 0.6) is 0 Å². The minimum absolute atomic E-state index is 0.0349. The summed E-state index contributed by atoms with van der Waals surface area (Å²) in [6, 6.07) is 13.6. The second-order valence-corrected chi connectivity index (χ2v) is 7.16. The van der Waals surface area contributed by atoms with Crippen LogP contribution in [-0.2, 0) is 12.8 Å². The molecule has 0 saturated carbocycles. The van der Waals surface area contributed by atoms with E-state index < -0.39 is 4.92 Å². The Hall–Kier alpha value is -3.74. The van der Waals surface area contributed by atoms with Crippen molar-refractivity contribution in [2.45, 2.75) is 25.7 Å². The molecule has 1 aliphatic rings. The van der Waals surface area contributed by atoms with Gasteiger partial charge in [0, 0.05) is 23.2 Å². The smallest absolute Gasteiger partial charge is 0.346 e. The molecule has 0 amide bonds. The normalized spacial score (nSPS) is 13.4. The Morgan fingerprint density at radius 3 is 2.48 bits per heavy atom. The number of para-hydroxylation sites is 1. The number of nitrogens with zero attached hydrogens (tertiary/aromatic N) is 2. The summed E-state index contributed by atoms with van der Waals surface area (Å²) in [5.74, 6) is 0.691. The maximum Gasteiger partial charge on any atom is 0.346 e. The third-order valence-electron chi connectivity index (χ3n) is 5.41. The molecule has 1 aliphatic carbocycles. The van der Waals surface area contributed by atoms with Crippen molar-refractivity contribution in [1.82, 2.24) is 4.98 Å². The molecular weight excluding hydrogens is 370 g/mol. The summed E-state index contributed by atoms with van der Waals surface area (Å²) < 4.78 is 5.55. The molecule has 7 nitrogen and oxygen atoms in total. The molecule has 0 saturated heterocycles. The van der Waals surface area contributed by atoms with Crippen molar-refractivity contribution in [2.24, 2.45) is 0 Å². The first-order valence-corrected chi connectivity index (χ1v) is 9.50. The molecule has 2 aromatic carbocycles. The van der Waals surface area contributed by atoms with Crippen molar-refractivity contribution in [3.63, 3.8) is 0 Å². The lowest BCUT2D eigenvalue weighted by Gasteiger charge is -2.21. The molecular formula is C22H17N3O4. The molecule has 0 bridgehead atoms. The van der Waals surface area contributed by atoms with E-state index in [1.54, 1.807) is 18.2 Å². The zero-order valence-electron chi connectivity index (χ0n) is 15.5. The SMILES string of the molecule is O=c1oc2ccccc2c2nc(Nc3ccc([N+](=O)[O-])cc3)c3c(c12)CCCC3. The molecule has 7 heteroatoms. The number of non-ortho nitro benzene ring substituents is 1. The zero-order valence-corrected chi connectivity index (χ0v) is 15.5. The van der Waals surface area contributed by atoms with Crippen LogP contribution < -0.4 is 10.9 Å². The number of hydrogen-bond donors (Lipinski definition) is 1. The van der Waals surface area contributed by atoms with Crippen LogP contribution in [0, 0.1) is 10.1 Å². The molecule has 0 radical (unpaired) electrons. The van der Waals surface area contributed by atoms with Crippen LogP contribution in [0.1, 0.15) is 24.0 Å². The fraction of sp³-hybridized carbons (Fsp3) is 0.182. The van der Waals surface area contributed by atoms with E-state index in [0.717, 1.165) is 42.2 Å². The fourth-order valence-corrected chi connectivity index (χ4v) is 4.04. The van der Waals surface area contributed by atoms with Crippen molar-refractivity contribution in [1.29, 1.82) is 0 Å². The van der Waals surface area contributed by atoms with E-state index in [4.69, 9.17) is 9.40 Å². The molecule has 2 aromatic heterocycles. The van der Waals surface area contributed by atoms with Gasteiger partial charge in [-0.2, -0.15) is 0 Å². The number of anilines is 2. The molecule has 4 aromatic rings. The third kappa shape index (κ3) is 2.91. The van der Waals surface area contributed by atoms with Crippen molar-refractivity contribution in [2.75, 3.05) is 5.32 Å². The minimum atomic E-state index is -0.425. The lowest BCUT2D eigenvalue weighted by Crippen LogP contribution is -2.14. The number of fused-ring (bicyclic) bond motifs is 5. The number of nitrogens with one attached hydrogen (secondary N) is 1. The molecule has 0 fully saturated rings. The van der Waals surface area contributed by atoms with Crippen LogP contribution in [-0.4, -0.2) is 9.91 Å². The number of aryl methyl sites for hydroxylation is 1. The van der Waals surface area contributed by atoms with Crippen molar-refractivity contribution in [3.05, 3.63) is 80.2 Å². The number of nitro groups is 1. The Balaban J connectivity index is 1.73. The van der Waals surface area contributed by atoms with Crippen LogP contribution in [0.4, 0.5) is 17.2 Å². The van der Waals surface area contributed by atoms with Crippen LogP contribution in [0.25, 0.3) is 21.9 Å². The van der Waals surface area contributed by atoms with Crippen molar-refractivity contribution in [3.8, 4) is 0 Å². The first-order valence-electron chi connectivity index (χ1n) is 9.50. The number of hydrogen-bond acceptors (Lipinski definition) is 6. The highest BCUT2D eigenvalue weighted by Gasteiger charge is 2.22. The minimum Gasteiger partial charge on any atom is -0.422 e. The molecule has 5 rings (SSSR count). The summed E-state index contributed by atoms with van der Waals surface area (Å²) in [5.41, 5.74) is 3.53. The predicted molar refractivity (Wildman–Crippen MR) is 111 cm³/mol. The van der Waals surface area contributed by atoms with E-state index in [1.165, 1.54) is 12.1 Å². The van der Waals surface area contributed by atoms with Gasteiger partial charge in [0.2, 0.25) is 0 Å². The molecule has 0 unspecified atom stereocenters.